The third kappa shape index (κ3) is 2.79. The summed E-state index contributed by atoms with van der Waals surface area (Å²) in [5, 5.41) is 7.83. The van der Waals surface area contributed by atoms with Crippen molar-refractivity contribution in [3.05, 3.63) is 53.3 Å². The molecule has 1 heterocycles. The van der Waals surface area contributed by atoms with E-state index in [-0.39, 0.29) is 6.04 Å². The maximum Gasteiger partial charge on any atom is 0.0839 e. The van der Waals surface area contributed by atoms with Gasteiger partial charge in [0.15, 0.2) is 0 Å². The Bertz CT molecular complexity index is 502. The van der Waals surface area contributed by atoms with E-state index in [2.05, 4.69) is 47.7 Å². The molecule has 3 nitrogen and oxygen atoms in total. The highest BCUT2D eigenvalue weighted by molar-refractivity contribution is 5.31. The van der Waals surface area contributed by atoms with Crippen molar-refractivity contribution in [2.24, 2.45) is 7.05 Å². The number of hydrogen-bond acceptors (Lipinski definition) is 2. The van der Waals surface area contributed by atoms with Crippen molar-refractivity contribution < 1.29 is 0 Å². The summed E-state index contributed by atoms with van der Waals surface area (Å²) < 4.78 is 1.84. The maximum absolute atomic E-state index is 4.49. The van der Waals surface area contributed by atoms with Gasteiger partial charge in [0.2, 0.25) is 0 Å². The molecule has 2 aromatic rings. The highest BCUT2D eigenvalue weighted by Crippen LogP contribution is 2.21. The Morgan fingerprint density at radius 2 is 2.17 bits per heavy atom. The largest absolute Gasteiger partial charge is 0.308 e. The van der Waals surface area contributed by atoms with Gasteiger partial charge >= 0.3 is 0 Å². The molecule has 0 spiro atoms. The second-order valence-corrected chi connectivity index (χ2v) is 4.63. The molecule has 0 aliphatic carbocycles. The van der Waals surface area contributed by atoms with Gasteiger partial charge in [0.1, 0.15) is 0 Å². The maximum atomic E-state index is 4.49. The van der Waals surface area contributed by atoms with Crippen LogP contribution in [0.4, 0.5) is 0 Å². The first-order valence-electron chi connectivity index (χ1n) is 6.50. The van der Waals surface area contributed by atoms with E-state index in [1.807, 2.05) is 25.0 Å². The van der Waals surface area contributed by atoms with Crippen LogP contribution in [0, 0.1) is 0 Å². The molecule has 2 rings (SSSR count). The Morgan fingerprint density at radius 3 is 2.78 bits per heavy atom. The Balaban J connectivity index is 2.29. The van der Waals surface area contributed by atoms with Crippen LogP contribution >= 0.6 is 0 Å². The van der Waals surface area contributed by atoms with Crippen LogP contribution < -0.4 is 5.32 Å². The van der Waals surface area contributed by atoms with Gasteiger partial charge in [-0.05, 0) is 30.7 Å². The molecule has 1 aromatic heterocycles. The van der Waals surface area contributed by atoms with Crippen molar-refractivity contribution in [3.8, 4) is 0 Å². The van der Waals surface area contributed by atoms with Crippen LogP contribution in [-0.2, 0) is 13.5 Å². The first kappa shape index (κ1) is 12.8. The summed E-state index contributed by atoms with van der Waals surface area (Å²) in [4.78, 5) is 0. The summed E-state index contributed by atoms with van der Waals surface area (Å²) in [6.07, 6.45) is 4.29. The second kappa shape index (κ2) is 5.83. The lowest BCUT2D eigenvalue weighted by atomic mass is 10.00. The van der Waals surface area contributed by atoms with E-state index in [4.69, 9.17) is 0 Å². The molecule has 1 N–H and O–H groups in total. The summed E-state index contributed by atoms with van der Waals surface area (Å²) in [6, 6.07) is 11.0. The summed E-state index contributed by atoms with van der Waals surface area (Å²) in [5.74, 6) is 0. The Hall–Kier alpha value is -1.61. The predicted molar refractivity (Wildman–Crippen MR) is 74.5 cm³/mol. The average molecular weight is 243 g/mol. The van der Waals surface area contributed by atoms with Gasteiger partial charge in [-0.15, -0.1) is 0 Å². The van der Waals surface area contributed by atoms with Gasteiger partial charge in [0, 0.05) is 13.2 Å². The zero-order valence-corrected chi connectivity index (χ0v) is 11.4. The lowest BCUT2D eigenvalue weighted by Crippen LogP contribution is -2.18. The first-order chi connectivity index (χ1) is 8.74. The van der Waals surface area contributed by atoms with E-state index >= 15 is 0 Å². The molecule has 0 fully saturated rings. The number of aromatic nitrogens is 2. The molecule has 0 radical (unpaired) electrons. The summed E-state index contributed by atoms with van der Waals surface area (Å²) in [6.45, 7) is 2.21. The first-order valence-corrected chi connectivity index (χ1v) is 6.50. The molecule has 3 heteroatoms. The van der Waals surface area contributed by atoms with Crippen molar-refractivity contribution in [1.29, 1.82) is 0 Å². The Labute approximate surface area is 109 Å². The number of nitrogens with zero attached hydrogens (tertiary/aromatic N) is 2. The summed E-state index contributed by atoms with van der Waals surface area (Å²) in [7, 11) is 3.93. The van der Waals surface area contributed by atoms with Gasteiger partial charge in [-0.3, -0.25) is 4.68 Å². The quantitative estimate of drug-likeness (QED) is 0.875. The topological polar surface area (TPSA) is 29.9 Å². The van der Waals surface area contributed by atoms with Gasteiger partial charge in [-0.1, -0.05) is 37.6 Å². The van der Waals surface area contributed by atoms with Gasteiger partial charge in [-0.2, -0.15) is 5.10 Å². The monoisotopic (exact) mass is 243 g/mol. The molecule has 18 heavy (non-hydrogen) atoms. The number of nitrogens with one attached hydrogen (secondary N) is 1. The second-order valence-electron chi connectivity index (χ2n) is 4.63. The molecule has 0 bridgehead atoms. The van der Waals surface area contributed by atoms with Crippen molar-refractivity contribution in [2.45, 2.75) is 25.8 Å². The zero-order chi connectivity index (χ0) is 13.0. The molecule has 0 amide bonds. The molecular weight excluding hydrogens is 222 g/mol. The number of rotatable bonds is 5. The normalized spacial score (nSPS) is 12.6. The molecule has 0 saturated carbocycles. The third-order valence-electron chi connectivity index (χ3n) is 3.14. The SMILES string of the molecule is CCCc1cccc(C(NC)c2ccn(C)n2)c1. The van der Waals surface area contributed by atoms with Crippen LogP contribution in [0.3, 0.4) is 0 Å². The third-order valence-corrected chi connectivity index (χ3v) is 3.14. The minimum atomic E-state index is 0.169. The van der Waals surface area contributed by atoms with Crippen molar-refractivity contribution >= 4 is 0 Å². The van der Waals surface area contributed by atoms with E-state index in [1.54, 1.807) is 0 Å². The molecule has 0 aliphatic rings. The fourth-order valence-corrected chi connectivity index (χ4v) is 2.29. The van der Waals surface area contributed by atoms with Crippen LogP contribution in [0.25, 0.3) is 0 Å². The van der Waals surface area contributed by atoms with Crippen LogP contribution in [0.2, 0.25) is 0 Å². The fourth-order valence-electron chi connectivity index (χ4n) is 2.29. The van der Waals surface area contributed by atoms with Gasteiger partial charge in [-0.25, -0.2) is 0 Å². The highest BCUT2D eigenvalue weighted by Gasteiger charge is 2.14. The van der Waals surface area contributed by atoms with E-state index < -0.39 is 0 Å². The van der Waals surface area contributed by atoms with E-state index in [0.29, 0.717) is 0 Å². The lowest BCUT2D eigenvalue weighted by molar-refractivity contribution is 0.641. The molecule has 1 atom stereocenters. The number of benzene rings is 1. The van der Waals surface area contributed by atoms with E-state index in [1.165, 1.54) is 17.5 Å². The molecule has 1 unspecified atom stereocenters. The summed E-state index contributed by atoms with van der Waals surface area (Å²) in [5.41, 5.74) is 3.74. The van der Waals surface area contributed by atoms with Crippen molar-refractivity contribution in [1.82, 2.24) is 15.1 Å². The molecule has 0 aliphatic heterocycles. The van der Waals surface area contributed by atoms with Crippen LogP contribution in [-0.4, -0.2) is 16.8 Å². The van der Waals surface area contributed by atoms with Gasteiger partial charge in [0.05, 0.1) is 11.7 Å². The number of hydrogen-bond donors (Lipinski definition) is 1. The Kier molecular flexibility index (Phi) is 4.15. The van der Waals surface area contributed by atoms with Crippen LogP contribution in [0.15, 0.2) is 36.5 Å². The average Bonchev–Trinajstić information content (AvgIpc) is 2.78. The molecule has 96 valence electrons. The minimum absolute atomic E-state index is 0.169. The van der Waals surface area contributed by atoms with Crippen LogP contribution in [0.1, 0.15) is 36.2 Å². The smallest absolute Gasteiger partial charge is 0.0839 e. The molecule has 1 aromatic carbocycles. The van der Waals surface area contributed by atoms with Gasteiger partial charge < -0.3 is 5.32 Å². The summed E-state index contributed by atoms with van der Waals surface area (Å²) >= 11 is 0. The lowest BCUT2D eigenvalue weighted by Gasteiger charge is -2.15. The molecular formula is C15H21N3. The standard InChI is InChI=1S/C15H21N3/c1-4-6-12-7-5-8-13(11-12)15(16-2)14-9-10-18(3)17-14/h5,7-11,15-16H,4,6H2,1-3H3. The van der Waals surface area contributed by atoms with Crippen LogP contribution in [0.5, 0.6) is 0 Å². The zero-order valence-electron chi connectivity index (χ0n) is 11.4. The van der Waals surface area contributed by atoms with E-state index in [0.717, 1.165) is 12.1 Å². The fraction of sp³-hybridized carbons (Fsp3) is 0.400. The molecule has 0 saturated heterocycles. The van der Waals surface area contributed by atoms with Gasteiger partial charge in [0.25, 0.3) is 0 Å². The highest BCUT2D eigenvalue weighted by atomic mass is 15.3. The van der Waals surface area contributed by atoms with E-state index in [9.17, 15) is 0 Å². The minimum Gasteiger partial charge on any atom is -0.308 e. The predicted octanol–water partition coefficient (Wildman–Crippen LogP) is 2.68. The number of aryl methyl sites for hydroxylation is 2. The van der Waals surface area contributed by atoms with Crippen molar-refractivity contribution in [2.75, 3.05) is 7.05 Å². The Morgan fingerprint density at radius 1 is 1.33 bits per heavy atom. The van der Waals surface area contributed by atoms with Crippen molar-refractivity contribution in [3.63, 3.8) is 0 Å².